The normalized spacial score (nSPS) is 16.8. The minimum atomic E-state index is -0.0407. The summed E-state index contributed by atoms with van der Waals surface area (Å²) in [4.78, 5) is 22.9. The number of hydrogen-bond acceptors (Lipinski definition) is 4. The average Bonchev–Trinajstić information content (AvgIpc) is 2.67. The number of carbonyl (C=O) groups is 1. The summed E-state index contributed by atoms with van der Waals surface area (Å²) in [5.74, 6) is 6.74. The van der Waals surface area contributed by atoms with E-state index in [4.69, 9.17) is 0 Å². The van der Waals surface area contributed by atoms with Gasteiger partial charge in [-0.2, -0.15) is 0 Å². The number of anilines is 1. The first-order valence-electron chi connectivity index (χ1n) is 8.16. The molecule has 1 N–H and O–H groups in total. The molecular formula is C19H20N4O. The molecule has 0 aliphatic carbocycles. The number of carbonyl (C=O) groups excluding carboxylic acids is 1. The standard InChI is InChI=1S/C19H20N4O/c24-18(20-11-4-9-16-7-2-1-3-8-16)17-10-5-14-23(15-17)19-21-12-6-13-22-19/h1-3,6-8,12-13,17H,5,10-11,14-15H2,(H,20,24)/t17-/m1/s1. The highest BCUT2D eigenvalue weighted by atomic mass is 16.1. The number of amides is 1. The van der Waals surface area contributed by atoms with Crippen molar-refractivity contribution in [2.45, 2.75) is 12.8 Å². The summed E-state index contributed by atoms with van der Waals surface area (Å²) >= 11 is 0. The van der Waals surface area contributed by atoms with Gasteiger partial charge in [0.2, 0.25) is 11.9 Å². The zero-order chi connectivity index (χ0) is 16.6. The van der Waals surface area contributed by atoms with E-state index in [-0.39, 0.29) is 11.8 Å². The fourth-order valence-corrected chi connectivity index (χ4v) is 2.77. The van der Waals surface area contributed by atoms with Gasteiger partial charge in [0.15, 0.2) is 0 Å². The van der Waals surface area contributed by atoms with Gasteiger partial charge in [-0.1, -0.05) is 30.0 Å². The highest BCUT2D eigenvalue weighted by molar-refractivity contribution is 5.79. The van der Waals surface area contributed by atoms with Crippen LogP contribution in [0.2, 0.25) is 0 Å². The highest BCUT2D eigenvalue weighted by Gasteiger charge is 2.26. The van der Waals surface area contributed by atoms with Crippen molar-refractivity contribution in [3.05, 3.63) is 54.4 Å². The Balaban J connectivity index is 1.51. The second kappa shape index (κ2) is 8.11. The Kier molecular flexibility index (Phi) is 5.41. The van der Waals surface area contributed by atoms with Crippen LogP contribution in [0.5, 0.6) is 0 Å². The van der Waals surface area contributed by atoms with Crippen molar-refractivity contribution in [1.82, 2.24) is 15.3 Å². The van der Waals surface area contributed by atoms with E-state index in [1.807, 2.05) is 30.3 Å². The van der Waals surface area contributed by atoms with Gasteiger partial charge in [0.25, 0.3) is 0 Å². The molecule has 1 aliphatic heterocycles. The second-order valence-corrected chi connectivity index (χ2v) is 5.72. The zero-order valence-electron chi connectivity index (χ0n) is 13.5. The van der Waals surface area contributed by atoms with Gasteiger partial charge >= 0.3 is 0 Å². The SMILES string of the molecule is O=C(NCC#Cc1ccccc1)[C@@H]1CCCN(c2ncccn2)C1. The van der Waals surface area contributed by atoms with E-state index < -0.39 is 0 Å². The van der Waals surface area contributed by atoms with Gasteiger partial charge in [0, 0.05) is 31.0 Å². The smallest absolute Gasteiger partial charge is 0.225 e. The quantitative estimate of drug-likeness (QED) is 0.877. The molecule has 1 atom stereocenters. The first kappa shape index (κ1) is 16.0. The molecule has 0 unspecified atom stereocenters. The molecule has 1 fully saturated rings. The minimum absolute atomic E-state index is 0.0407. The van der Waals surface area contributed by atoms with Crippen LogP contribution in [-0.4, -0.2) is 35.5 Å². The predicted molar refractivity (Wildman–Crippen MR) is 93.3 cm³/mol. The molecule has 0 spiro atoms. The molecule has 24 heavy (non-hydrogen) atoms. The number of nitrogens with one attached hydrogen (secondary N) is 1. The highest BCUT2D eigenvalue weighted by Crippen LogP contribution is 2.19. The average molecular weight is 320 g/mol. The molecule has 1 aromatic carbocycles. The number of hydrogen-bond donors (Lipinski definition) is 1. The fraction of sp³-hybridized carbons (Fsp3) is 0.316. The lowest BCUT2D eigenvalue weighted by Crippen LogP contribution is -2.43. The largest absolute Gasteiger partial charge is 0.345 e. The van der Waals surface area contributed by atoms with Crippen LogP contribution in [0.15, 0.2) is 48.8 Å². The summed E-state index contributed by atoms with van der Waals surface area (Å²) in [6, 6.07) is 11.6. The maximum absolute atomic E-state index is 12.3. The van der Waals surface area contributed by atoms with Gasteiger partial charge in [-0.05, 0) is 31.0 Å². The zero-order valence-corrected chi connectivity index (χ0v) is 13.5. The molecule has 2 heterocycles. The predicted octanol–water partition coefficient (Wildman–Crippen LogP) is 1.86. The van der Waals surface area contributed by atoms with Crippen molar-refractivity contribution in [1.29, 1.82) is 0 Å². The van der Waals surface area contributed by atoms with Crippen LogP contribution < -0.4 is 10.2 Å². The van der Waals surface area contributed by atoms with Crippen molar-refractivity contribution >= 4 is 11.9 Å². The molecule has 0 saturated carbocycles. The van der Waals surface area contributed by atoms with Crippen molar-refractivity contribution < 1.29 is 4.79 Å². The summed E-state index contributed by atoms with van der Waals surface area (Å²) in [5.41, 5.74) is 0.955. The van der Waals surface area contributed by atoms with E-state index in [9.17, 15) is 4.79 Å². The number of benzene rings is 1. The van der Waals surface area contributed by atoms with Crippen LogP contribution in [0.4, 0.5) is 5.95 Å². The van der Waals surface area contributed by atoms with Crippen LogP contribution in [-0.2, 0) is 4.79 Å². The van der Waals surface area contributed by atoms with Crippen molar-refractivity contribution in [2.75, 3.05) is 24.5 Å². The maximum atomic E-state index is 12.3. The second-order valence-electron chi connectivity index (χ2n) is 5.72. The van der Waals surface area contributed by atoms with Crippen molar-refractivity contribution in [3.63, 3.8) is 0 Å². The van der Waals surface area contributed by atoms with Gasteiger partial charge in [-0.3, -0.25) is 4.79 Å². The van der Waals surface area contributed by atoms with E-state index >= 15 is 0 Å². The van der Waals surface area contributed by atoms with Crippen LogP contribution in [0.3, 0.4) is 0 Å². The Morgan fingerprint density at radius 3 is 2.79 bits per heavy atom. The molecule has 122 valence electrons. The number of nitrogens with zero attached hydrogens (tertiary/aromatic N) is 3. The molecule has 3 rings (SSSR count). The summed E-state index contributed by atoms with van der Waals surface area (Å²) in [6.07, 6.45) is 5.31. The monoisotopic (exact) mass is 320 g/mol. The Bertz CT molecular complexity index is 721. The van der Waals surface area contributed by atoms with Crippen molar-refractivity contribution in [2.24, 2.45) is 5.92 Å². The first-order valence-corrected chi connectivity index (χ1v) is 8.16. The summed E-state index contributed by atoms with van der Waals surface area (Å²) in [7, 11) is 0. The Labute approximate surface area is 142 Å². The van der Waals surface area contributed by atoms with Crippen molar-refractivity contribution in [3.8, 4) is 11.8 Å². The fourth-order valence-electron chi connectivity index (χ4n) is 2.77. The van der Waals surface area contributed by atoms with Crippen LogP contribution in [0.1, 0.15) is 18.4 Å². The van der Waals surface area contributed by atoms with E-state index in [0.717, 1.165) is 24.9 Å². The molecule has 1 aromatic heterocycles. The Morgan fingerprint density at radius 2 is 2.00 bits per heavy atom. The van der Waals surface area contributed by atoms with Gasteiger partial charge < -0.3 is 10.2 Å². The molecule has 5 nitrogen and oxygen atoms in total. The molecule has 5 heteroatoms. The third-order valence-corrected chi connectivity index (χ3v) is 3.98. The molecule has 1 aliphatic rings. The van der Waals surface area contributed by atoms with E-state index in [1.54, 1.807) is 18.5 Å². The molecule has 1 amide bonds. The molecule has 0 radical (unpaired) electrons. The van der Waals surface area contributed by atoms with Gasteiger partial charge in [-0.15, -0.1) is 0 Å². The molecule has 0 bridgehead atoms. The first-order chi connectivity index (χ1) is 11.8. The van der Waals surface area contributed by atoms with Crippen LogP contribution in [0, 0.1) is 17.8 Å². The lowest BCUT2D eigenvalue weighted by atomic mass is 9.97. The summed E-state index contributed by atoms with van der Waals surface area (Å²) in [5, 5.41) is 2.91. The third-order valence-electron chi connectivity index (χ3n) is 3.98. The van der Waals surface area contributed by atoms with Crippen LogP contribution >= 0.6 is 0 Å². The summed E-state index contributed by atoms with van der Waals surface area (Å²) < 4.78 is 0. The third kappa shape index (κ3) is 4.32. The molecule has 2 aromatic rings. The lowest BCUT2D eigenvalue weighted by molar-refractivity contribution is -0.124. The Morgan fingerprint density at radius 1 is 1.21 bits per heavy atom. The topological polar surface area (TPSA) is 58.1 Å². The summed E-state index contributed by atoms with van der Waals surface area (Å²) in [6.45, 7) is 1.91. The van der Waals surface area contributed by atoms with E-state index in [0.29, 0.717) is 19.0 Å². The van der Waals surface area contributed by atoms with Gasteiger partial charge in [0.05, 0.1) is 12.5 Å². The number of rotatable bonds is 3. The van der Waals surface area contributed by atoms with Gasteiger partial charge in [-0.25, -0.2) is 9.97 Å². The Hall–Kier alpha value is -2.87. The number of aromatic nitrogens is 2. The maximum Gasteiger partial charge on any atom is 0.225 e. The minimum Gasteiger partial charge on any atom is -0.345 e. The lowest BCUT2D eigenvalue weighted by Gasteiger charge is -2.31. The van der Waals surface area contributed by atoms with E-state index in [2.05, 4.69) is 32.0 Å². The van der Waals surface area contributed by atoms with Crippen LogP contribution in [0.25, 0.3) is 0 Å². The number of piperidine rings is 1. The van der Waals surface area contributed by atoms with E-state index in [1.165, 1.54) is 0 Å². The molecular weight excluding hydrogens is 300 g/mol. The molecule has 1 saturated heterocycles. The van der Waals surface area contributed by atoms with Gasteiger partial charge in [0.1, 0.15) is 0 Å².